The fourth-order valence-corrected chi connectivity index (χ4v) is 7.08. The van der Waals surface area contributed by atoms with E-state index in [0.717, 1.165) is 41.6 Å². The number of aromatic nitrogens is 2. The Morgan fingerprint density at radius 2 is 1.70 bits per heavy atom. The highest BCUT2D eigenvalue weighted by Gasteiger charge is 2.31. The molecule has 0 fully saturated rings. The first-order valence-corrected chi connectivity index (χ1v) is 16.2. The number of benzene rings is 3. The summed E-state index contributed by atoms with van der Waals surface area (Å²) in [5, 5.41) is 23.4. The molecule has 0 radical (unpaired) electrons. The number of thioether (sulfide) groups is 1. The van der Waals surface area contributed by atoms with Crippen molar-refractivity contribution in [1.82, 2.24) is 9.97 Å². The highest BCUT2D eigenvalue weighted by Crippen LogP contribution is 2.41. The largest absolute Gasteiger partial charge is 0.478 e. The zero-order chi connectivity index (χ0) is 32.4. The van der Waals surface area contributed by atoms with E-state index < -0.39 is 11.2 Å². The van der Waals surface area contributed by atoms with Crippen LogP contribution in [0.4, 0.5) is 5.69 Å². The van der Waals surface area contributed by atoms with Crippen molar-refractivity contribution in [2.75, 3.05) is 5.32 Å². The topological polar surface area (TPSA) is 116 Å². The number of fused-ring (bicyclic) bond motifs is 2. The van der Waals surface area contributed by atoms with Gasteiger partial charge in [-0.25, -0.2) is 14.8 Å². The number of rotatable bonds is 7. The molecule has 2 heterocycles. The minimum Gasteiger partial charge on any atom is -0.478 e. The Bertz CT molecular complexity index is 1980. The van der Waals surface area contributed by atoms with E-state index in [4.69, 9.17) is 4.98 Å². The van der Waals surface area contributed by atoms with Gasteiger partial charge in [0, 0.05) is 22.3 Å². The molecule has 7 nitrogen and oxygen atoms in total. The van der Waals surface area contributed by atoms with Crippen molar-refractivity contribution in [3.63, 3.8) is 0 Å². The van der Waals surface area contributed by atoms with Gasteiger partial charge in [-0.1, -0.05) is 93.2 Å². The normalized spacial score (nSPS) is 15.0. The van der Waals surface area contributed by atoms with E-state index in [1.807, 2.05) is 54.6 Å². The summed E-state index contributed by atoms with van der Waals surface area (Å²) in [6.07, 6.45) is 2.80. The lowest BCUT2D eigenvalue weighted by Gasteiger charge is -2.34. The average molecular weight is 627 g/mol. The number of nitrogens with one attached hydrogen (secondary N) is 1. The Morgan fingerprint density at radius 1 is 0.978 bits per heavy atom. The van der Waals surface area contributed by atoms with E-state index in [9.17, 15) is 20.0 Å². The van der Waals surface area contributed by atoms with Gasteiger partial charge in [0.1, 0.15) is 16.3 Å². The minimum atomic E-state index is -1.02. The number of carboxylic acid groups (broad SMARTS) is 1. The van der Waals surface area contributed by atoms with Crippen molar-refractivity contribution in [2.24, 2.45) is 11.3 Å². The monoisotopic (exact) mass is 626 g/mol. The molecule has 8 heteroatoms. The van der Waals surface area contributed by atoms with Crippen molar-refractivity contribution in [3.8, 4) is 17.3 Å². The van der Waals surface area contributed by atoms with Gasteiger partial charge in [-0.3, -0.25) is 4.79 Å². The number of carbonyl (C=O) groups is 2. The van der Waals surface area contributed by atoms with Crippen LogP contribution in [-0.4, -0.2) is 27.0 Å². The molecule has 1 aliphatic carbocycles. The van der Waals surface area contributed by atoms with E-state index in [-0.39, 0.29) is 16.9 Å². The second-order valence-electron chi connectivity index (χ2n) is 12.7. The van der Waals surface area contributed by atoms with Crippen LogP contribution in [0.25, 0.3) is 22.2 Å². The molecule has 2 aromatic heterocycles. The Hall–Kier alpha value is -5.00. The number of aromatic carboxylic acids is 1. The molecule has 0 saturated heterocycles. The molecule has 1 aliphatic rings. The predicted octanol–water partition coefficient (Wildman–Crippen LogP) is 8.49. The van der Waals surface area contributed by atoms with Gasteiger partial charge in [-0.05, 0) is 72.1 Å². The van der Waals surface area contributed by atoms with Gasteiger partial charge in [0.15, 0.2) is 0 Å². The summed E-state index contributed by atoms with van der Waals surface area (Å²) in [6, 6.07) is 29.7. The third kappa shape index (κ3) is 6.51. The van der Waals surface area contributed by atoms with E-state index in [1.165, 1.54) is 11.8 Å². The van der Waals surface area contributed by atoms with Crippen LogP contribution in [0, 0.1) is 22.7 Å². The molecule has 2 atom stereocenters. The molecule has 230 valence electrons. The van der Waals surface area contributed by atoms with E-state index in [1.54, 1.807) is 36.4 Å². The van der Waals surface area contributed by atoms with Crippen molar-refractivity contribution >= 4 is 40.2 Å². The van der Waals surface area contributed by atoms with Crippen molar-refractivity contribution in [1.29, 1.82) is 5.26 Å². The third-order valence-electron chi connectivity index (χ3n) is 8.66. The molecule has 2 unspecified atom stereocenters. The number of carbonyl (C=O) groups excluding carboxylic acids is 1. The van der Waals surface area contributed by atoms with Crippen molar-refractivity contribution < 1.29 is 14.7 Å². The number of aryl methyl sites for hydroxylation is 1. The van der Waals surface area contributed by atoms with Gasteiger partial charge in [0.05, 0.1) is 22.3 Å². The summed E-state index contributed by atoms with van der Waals surface area (Å²) >= 11 is 1.29. The van der Waals surface area contributed by atoms with E-state index in [2.05, 4.69) is 37.1 Å². The molecular formula is C38H34N4O3S. The first-order chi connectivity index (χ1) is 22.1. The lowest BCUT2D eigenvalue weighted by atomic mass is 9.71. The summed E-state index contributed by atoms with van der Waals surface area (Å²) < 4.78 is 0. The molecule has 2 N–H and O–H groups in total. The molecule has 1 amide bonds. The smallest absolute Gasteiger partial charge is 0.336 e. The molecule has 0 aliphatic heterocycles. The third-order valence-corrected chi connectivity index (χ3v) is 9.92. The number of hydrogen-bond acceptors (Lipinski definition) is 6. The van der Waals surface area contributed by atoms with Crippen molar-refractivity contribution in [2.45, 2.75) is 50.3 Å². The standard InChI is InChI=1S/C38H34N4O3S/c1-38(2,3)27-15-18-31-25(20-27)19-26(22-39)36(42-31)46-34(24-9-5-4-6-10-24)35(43)40-28-16-13-23(14-17-28)33-21-30(37(44)45)29-11-7-8-12-32(29)41-33/h4-14,16-17,19,21,27,34H,15,18,20H2,1-3H3,(H,40,43)(H,44,45). The molecule has 46 heavy (non-hydrogen) atoms. The van der Waals surface area contributed by atoms with Crippen LogP contribution < -0.4 is 5.32 Å². The highest BCUT2D eigenvalue weighted by atomic mass is 32.2. The lowest BCUT2D eigenvalue weighted by molar-refractivity contribution is -0.115. The van der Waals surface area contributed by atoms with Crippen LogP contribution in [0.3, 0.4) is 0 Å². The second-order valence-corrected chi connectivity index (χ2v) is 13.8. The molecule has 5 aromatic rings. The number of nitriles is 1. The maximum atomic E-state index is 13.9. The van der Waals surface area contributed by atoms with E-state index in [0.29, 0.717) is 38.8 Å². The van der Waals surface area contributed by atoms with Gasteiger partial charge in [0.2, 0.25) is 5.91 Å². The fraction of sp³-hybridized carbons (Fsp3) is 0.237. The average Bonchev–Trinajstić information content (AvgIpc) is 3.06. The van der Waals surface area contributed by atoms with Crippen LogP contribution in [0.1, 0.15) is 65.2 Å². The minimum absolute atomic E-state index is 0.181. The number of anilines is 1. The zero-order valence-electron chi connectivity index (χ0n) is 25.9. The van der Waals surface area contributed by atoms with Gasteiger partial charge in [-0.15, -0.1) is 0 Å². The number of nitrogens with zero attached hydrogens (tertiary/aromatic N) is 3. The van der Waals surface area contributed by atoms with Gasteiger partial charge < -0.3 is 10.4 Å². The molecule has 0 saturated carbocycles. The fourth-order valence-electron chi connectivity index (χ4n) is 6.00. The maximum absolute atomic E-state index is 13.9. The Labute approximate surface area is 272 Å². The van der Waals surface area contributed by atoms with Crippen LogP contribution in [0.2, 0.25) is 0 Å². The van der Waals surface area contributed by atoms with Gasteiger partial charge in [-0.2, -0.15) is 5.26 Å². The number of carboxylic acids is 1. The predicted molar refractivity (Wildman–Crippen MR) is 182 cm³/mol. The number of pyridine rings is 2. The molecule has 6 rings (SSSR count). The first-order valence-electron chi connectivity index (χ1n) is 15.3. The Morgan fingerprint density at radius 3 is 2.39 bits per heavy atom. The van der Waals surface area contributed by atoms with Gasteiger partial charge in [0.25, 0.3) is 0 Å². The van der Waals surface area contributed by atoms with Gasteiger partial charge >= 0.3 is 5.97 Å². The summed E-state index contributed by atoms with van der Waals surface area (Å²) in [6.45, 7) is 6.78. The molecule has 0 bridgehead atoms. The highest BCUT2D eigenvalue weighted by molar-refractivity contribution is 8.00. The quantitative estimate of drug-likeness (QED) is 0.174. The summed E-state index contributed by atoms with van der Waals surface area (Å²) in [7, 11) is 0. The van der Waals surface area contributed by atoms with E-state index >= 15 is 0 Å². The molecule has 3 aromatic carbocycles. The maximum Gasteiger partial charge on any atom is 0.336 e. The second kappa shape index (κ2) is 12.8. The number of amides is 1. The summed E-state index contributed by atoms with van der Waals surface area (Å²) in [4.78, 5) is 35.4. The molecular weight excluding hydrogens is 593 g/mol. The number of hydrogen-bond donors (Lipinski definition) is 2. The van der Waals surface area contributed by atoms with Crippen LogP contribution in [0.5, 0.6) is 0 Å². The summed E-state index contributed by atoms with van der Waals surface area (Å²) in [5.41, 5.74) is 6.23. The first kappa shape index (κ1) is 31.0. The van der Waals surface area contributed by atoms with Crippen LogP contribution in [-0.2, 0) is 17.6 Å². The lowest BCUT2D eigenvalue weighted by Crippen LogP contribution is -2.27. The SMILES string of the molecule is CC(C)(C)C1CCc2nc(SC(C(=O)Nc3ccc(-c4cc(C(=O)O)c5ccccc5n4)cc3)c3ccccc3)c(C#N)cc2C1. The summed E-state index contributed by atoms with van der Waals surface area (Å²) in [5.74, 6) is -0.732. The van der Waals surface area contributed by atoms with Crippen LogP contribution >= 0.6 is 11.8 Å². The van der Waals surface area contributed by atoms with Crippen LogP contribution in [0.15, 0.2) is 96.0 Å². The zero-order valence-corrected chi connectivity index (χ0v) is 26.8. The van der Waals surface area contributed by atoms with Crippen molar-refractivity contribution in [3.05, 3.63) is 119 Å². The molecule has 0 spiro atoms. The Kier molecular flexibility index (Phi) is 8.61. The Balaban J connectivity index is 1.26. The number of para-hydroxylation sites is 1.